The van der Waals surface area contributed by atoms with Crippen LogP contribution in [0.25, 0.3) is 5.69 Å². The lowest BCUT2D eigenvalue weighted by Crippen LogP contribution is -2.55. The molecule has 0 saturated heterocycles. The van der Waals surface area contributed by atoms with Gasteiger partial charge in [0.1, 0.15) is 23.5 Å². The number of para-hydroxylation sites is 1. The van der Waals surface area contributed by atoms with Crippen LogP contribution in [-0.4, -0.2) is 61.6 Å². The second kappa shape index (κ2) is 9.49. The first-order valence-electron chi connectivity index (χ1n) is 10.2. The molecule has 0 saturated carbocycles. The Morgan fingerprint density at radius 1 is 0.970 bits per heavy atom. The van der Waals surface area contributed by atoms with Gasteiger partial charge < -0.3 is 26.2 Å². The maximum atomic E-state index is 13.2. The van der Waals surface area contributed by atoms with Crippen molar-refractivity contribution in [1.82, 2.24) is 30.9 Å². The second-order valence-electron chi connectivity index (χ2n) is 7.53. The number of aliphatic hydroxyl groups excluding tert-OH is 1. The summed E-state index contributed by atoms with van der Waals surface area (Å²) in [5.41, 5.74) is 1.84. The van der Waals surface area contributed by atoms with Gasteiger partial charge in [0, 0.05) is 6.42 Å². The number of carbonyl (C=O) groups excluding carboxylic acids is 3. The van der Waals surface area contributed by atoms with Crippen LogP contribution in [0.2, 0.25) is 0 Å². The number of amides is 3. The molecule has 2 atom stereocenters. The summed E-state index contributed by atoms with van der Waals surface area (Å²) >= 11 is 0. The monoisotopic (exact) mass is 450 g/mol. The molecule has 33 heavy (non-hydrogen) atoms. The van der Waals surface area contributed by atoms with E-state index in [4.69, 9.17) is 0 Å². The van der Waals surface area contributed by atoms with Crippen LogP contribution in [0.5, 0.6) is 5.75 Å². The molecule has 170 valence electrons. The van der Waals surface area contributed by atoms with Crippen molar-refractivity contribution in [3.63, 3.8) is 0 Å². The fraction of sp³-hybridized carbons (Fsp3) is 0.227. The minimum absolute atomic E-state index is 0.0243. The highest BCUT2D eigenvalue weighted by molar-refractivity contribution is 6.01. The summed E-state index contributed by atoms with van der Waals surface area (Å²) in [4.78, 5) is 38.7. The van der Waals surface area contributed by atoms with Crippen molar-refractivity contribution in [1.29, 1.82) is 0 Å². The summed E-state index contributed by atoms with van der Waals surface area (Å²) in [5, 5.41) is 35.0. The number of hydrogen-bond acceptors (Lipinski definition) is 7. The molecule has 2 heterocycles. The summed E-state index contributed by atoms with van der Waals surface area (Å²) < 4.78 is 1.42. The summed E-state index contributed by atoms with van der Waals surface area (Å²) in [6.07, 6.45) is 1.67. The zero-order valence-electron chi connectivity index (χ0n) is 17.4. The lowest BCUT2D eigenvalue weighted by molar-refractivity contribution is -0.131. The van der Waals surface area contributed by atoms with Crippen molar-refractivity contribution >= 4 is 17.7 Å². The Kier molecular flexibility index (Phi) is 6.31. The molecule has 0 spiro atoms. The molecule has 5 N–H and O–H groups in total. The normalized spacial score (nSPS) is 19.0. The van der Waals surface area contributed by atoms with Crippen LogP contribution >= 0.6 is 0 Å². The number of phenols is 1. The van der Waals surface area contributed by atoms with Crippen LogP contribution in [0.15, 0.2) is 54.7 Å². The lowest BCUT2D eigenvalue weighted by Gasteiger charge is -2.23. The number of aliphatic hydroxyl groups is 1. The van der Waals surface area contributed by atoms with Crippen LogP contribution in [0, 0.1) is 0 Å². The van der Waals surface area contributed by atoms with E-state index in [0.29, 0.717) is 16.9 Å². The molecule has 0 aliphatic carbocycles. The van der Waals surface area contributed by atoms with Gasteiger partial charge in [-0.25, -0.2) is 4.68 Å². The average Bonchev–Trinajstić information content (AvgIpc) is 3.30. The van der Waals surface area contributed by atoms with Crippen LogP contribution in [0.4, 0.5) is 0 Å². The summed E-state index contributed by atoms with van der Waals surface area (Å²) in [6, 6.07) is 10.6. The smallest absolute Gasteiger partial charge is 0.254 e. The third kappa shape index (κ3) is 4.99. The van der Waals surface area contributed by atoms with E-state index in [-0.39, 0.29) is 24.3 Å². The summed E-state index contributed by atoms with van der Waals surface area (Å²) in [7, 11) is 0. The minimum atomic E-state index is -1.22. The summed E-state index contributed by atoms with van der Waals surface area (Å²) in [5.74, 6) is -1.70. The molecule has 2 bridgehead atoms. The van der Waals surface area contributed by atoms with Gasteiger partial charge in [-0.15, -0.1) is 5.10 Å². The van der Waals surface area contributed by atoms with Gasteiger partial charge in [0.2, 0.25) is 11.8 Å². The number of benzene rings is 2. The second-order valence-corrected chi connectivity index (χ2v) is 7.53. The number of aromatic hydroxyl groups is 1. The molecule has 0 unspecified atom stereocenters. The van der Waals surface area contributed by atoms with E-state index >= 15 is 0 Å². The van der Waals surface area contributed by atoms with Crippen LogP contribution < -0.4 is 16.0 Å². The van der Waals surface area contributed by atoms with Gasteiger partial charge in [-0.3, -0.25) is 14.4 Å². The summed E-state index contributed by atoms with van der Waals surface area (Å²) in [6.45, 7) is -0.608. The number of aromatic nitrogens is 3. The quantitative estimate of drug-likeness (QED) is 0.357. The van der Waals surface area contributed by atoms with Crippen LogP contribution in [-0.2, 0) is 22.6 Å². The van der Waals surface area contributed by atoms with Gasteiger partial charge in [0.25, 0.3) is 5.91 Å². The van der Waals surface area contributed by atoms with Gasteiger partial charge in [0.15, 0.2) is 0 Å². The largest absolute Gasteiger partial charge is 0.508 e. The maximum Gasteiger partial charge on any atom is 0.254 e. The number of fused-ring (bicyclic) bond motifs is 4. The maximum absolute atomic E-state index is 13.2. The van der Waals surface area contributed by atoms with Gasteiger partial charge >= 0.3 is 0 Å². The fourth-order valence-corrected chi connectivity index (χ4v) is 3.44. The fourth-order valence-electron chi connectivity index (χ4n) is 3.44. The molecule has 11 nitrogen and oxygen atoms in total. The van der Waals surface area contributed by atoms with Crippen molar-refractivity contribution in [3.05, 3.63) is 71.5 Å². The third-order valence-electron chi connectivity index (χ3n) is 5.19. The zero-order valence-corrected chi connectivity index (χ0v) is 17.4. The van der Waals surface area contributed by atoms with Crippen molar-refractivity contribution in [2.45, 2.75) is 25.0 Å². The van der Waals surface area contributed by atoms with Gasteiger partial charge in [0.05, 0.1) is 30.6 Å². The molecule has 3 aromatic rings. The van der Waals surface area contributed by atoms with Crippen LogP contribution in [0.1, 0.15) is 21.6 Å². The van der Waals surface area contributed by atoms with E-state index in [1.807, 2.05) is 0 Å². The molecular weight excluding hydrogens is 428 g/mol. The highest BCUT2D eigenvalue weighted by atomic mass is 16.3. The molecule has 2 aromatic carbocycles. The van der Waals surface area contributed by atoms with Gasteiger partial charge in [-0.05, 0) is 29.8 Å². The SMILES string of the molecule is O=C1N[C@@H](Cc2ccc(O)cc2)C(=O)N[C@@H](CO)C(=O)NCc2cn(nn2)-c2ccccc21. The third-order valence-corrected chi connectivity index (χ3v) is 5.19. The van der Waals surface area contributed by atoms with Crippen LogP contribution in [0.3, 0.4) is 0 Å². The zero-order chi connectivity index (χ0) is 23.4. The van der Waals surface area contributed by atoms with E-state index in [0.717, 1.165) is 0 Å². The Morgan fingerprint density at radius 2 is 1.73 bits per heavy atom. The van der Waals surface area contributed by atoms with Crippen molar-refractivity contribution in [2.24, 2.45) is 0 Å². The molecule has 1 aliphatic rings. The van der Waals surface area contributed by atoms with E-state index in [2.05, 4.69) is 26.3 Å². The molecular formula is C22H22N6O5. The molecule has 11 heteroatoms. The standard InChI is InChI=1S/C22H22N6O5/c29-12-18-21(32)23-10-14-11-28(27-26-14)19-4-2-1-3-16(19)20(31)24-17(22(33)25-18)9-13-5-7-15(30)8-6-13/h1-8,11,17-18,29-30H,9-10,12H2,(H,23,32)(H,24,31)(H,25,33)/t17-,18-/m0/s1. The first-order valence-corrected chi connectivity index (χ1v) is 10.2. The molecule has 0 fully saturated rings. The number of hydrogen-bond donors (Lipinski definition) is 5. The highest BCUT2D eigenvalue weighted by Gasteiger charge is 2.28. The topological polar surface area (TPSA) is 158 Å². The predicted molar refractivity (Wildman–Crippen MR) is 115 cm³/mol. The van der Waals surface area contributed by atoms with Gasteiger partial charge in [-0.2, -0.15) is 0 Å². The number of rotatable bonds is 3. The van der Waals surface area contributed by atoms with Crippen molar-refractivity contribution in [3.8, 4) is 11.4 Å². The highest BCUT2D eigenvalue weighted by Crippen LogP contribution is 2.16. The molecule has 0 radical (unpaired) electrons. The molecule has 3 amide bonds. The van der Waals surface area contributed by atoms with Crippen molar-refractivity contribution in [2.75, 3.05) is 6.61 Å². The van der Waals surface area contributed by atoms with Crippen molar-refractivity contribution < 1.29 is 24.6 Å². The number of phenolic OH excluding ortho intramolecular Hbond substituents is 1. The average molecular weight is 450 g/mol. The minimum Gasteiger partial charge on any atom is -0.508 e. The van der Waals surface area contributed by atoms with Gasteiger partial charge in [-0.1, -0.05) is 29.5 Å². The first-order chi connectivity index (χ1) is 15.9. The van der Waals surface area contributed by atoms with E-state index in [9.17, 15) is 24.6 Å². The Balaban J connectivity index is 1.72. The predicted octanol–water partition coefficient (Wildman–Crippen LogP) is -0.579. The molecule has 1 aliphatic heterocycles. The number of carbonyl (C=O) groups is 3. The van der Waals surface area contributed by atoms with E-state index in [1.165, 1.54) is 16.8 Å². The first kappa shape index (κ1) is 22.0. The molecule has 1 aromatic heterocycles. The number of nitrogens with one attached hydrogen (secondary N) is 3. The Labute approximate surface area is 188 Å². The molecule has 4 rings (SSSR count). The Bertz CT molecular complexity index is 1180. The number of nitrogens with zero attached hydrogens (tertiary/aromatic N) is 3. The Hall–Kier alpha value is -4.25. The Morgan fingerprint density at radius 3 is 2.48 bits per heavy atom. The van der Waals surface area contributed by atoms with E-state index < -0.39 is 36.4 Å². The lowest BCUT2D eigenvalue weighted by atomic mass is 10.0. The van der Waals surface area contributed by atoms with E-state index in [1.54, 1.807) is 42.6 Å².